The fourth-order valence-electron chi connectivity index (χ4n) is 19.2. The zero-order chi connectivity index (χ0) is 84.3. The van der Waals surface area contributed by atoms with Crippen LogP contribution >= 0.6 is 11.3 Å². The maximum Gasteiger partial charge on any atom is 0.127 e. The summed E-state index contributed by atoms with van der Waals surface area (Å²) in [6.45, 7) is 20.5. The molecule has 0 saturated carbocycles. The van der Waals surface area contributed by atoms with Crippen molar-refractivity contribution in [1.29, 1.82) is 0 Å². The quantitative estimate of drug-likeness (QED) is 0.0562. The molecule has 21 rings (SSSR count). The molecule has 17 aromatic carbocycles. The SMILES string of the molecule is C=Cc1ccc(Oc2ccc(C3(c4ccc(Oc5ccc(C=C)cc5)cc4)c4ccccc4-c4c(-c5sc(-c6cccc7c6-c6ccccc6C7(c6ccc(Oc7ccc(C=C)cc7)cc6)c6ccc(Oc7ccc(C=C)cc7)cc6)c6nc7c8ccc(-c9ccc(CCC)cc9)cc8c8cc(-c9ccc(CCC)cc9)ccc8c7nc56)cccc43)cc2)cc1. The van der Waals surface area contributed by atoms with Gasteiger partial charge < -0.3 is 18.9 Å². The topological polar surface area (TPSA) is 62.7 Å². The first-order valence-corrected chi connectivity index (χ1v) is 43.7. The van der Waals surface area contributed by atoms with Gasteiger partial charge in [0.25, 0.3) is 0 Å². The van der Waals surface area contributed by atoms with Crippen LogP contribution in [-0.4, -0.2) is 9.97 Å². The number of hydrogen-bond acceptors (Lipinski definition) is 7. The van der Waals surface area contributed by atoms with Gasteiger partial charge in [-0.15, -0.1) is 11.3 Å². The van der Waals surface area contributed by atoms with Crippen molar-refractivity contribution in [2.24, 2.45) is 0 Å². The van der Waals surface area contributed by atoms with Gasteiger partial charge in [0, 0.05) is 21.9 Å². The Hall–Kier alpha value is -15.3. The molecule has 2 heterocycles. The molecule has 0 saturated heterocycles. The van der Waals surface area contributed by atoms with Crippen molar-refractivity contribution < 1.29 is 18.9 Å². The second-order valence-corrected chi connectivity index (χ2v) is 33.5. The van der Waals surface area contributed by atoms with E-state index in [1.807, 2.05) is 121 Å². The summed E-state index contributed by atoms with van der Waals surface area (Å²) in [5.74, 6) is 5.82. The Bertz CT molecular complexity index is 6780. The standard InChI is InChI=1S/C118H86N2O4S/c1-7-19-79-29-41-81(42-30-79)83-45-71-97-103(73-83)104-74-84(82-43-31-80(20-8-2)32-44-82)46-72-98(104)112-111(97)119-113-114(120-112)116(102-24-18-28-108-110(102)100-22-14-16-26-106(100)118(108,87-51-67-95(68-52-87)123-91-59-37-77(11-5)38-60-91)88-53-69-96(70-54-88)124-92-61-39-78(12-6)40-62-92)125-115(113)101-23-17-27-107-109(101)99-21-13-15-25-105(99)117(107,85-47-63-93(64-48-85)121-89-55-33-75(9-3)34-56-89)86-49-65-94(66-50-86)122-90-57-35-76(10-4)36-58-90/h9-18,21-74H,3-8,19-20H2,1-2H3. The van der Waals surface area contributed by atoms with Gasteiger partial charge in [-0.1, -0.05) is 332 Å². The Labute approximate surface area is 733 Å². The lowest BCUT2D eigenvalue weighted by atomic mass is 9.67. The van der Waals surface area contributed by atoms with Crippen molar-refractivity contribution in [3.05, 3.63) is 468 Å². The molecule has 598 valence electrons. The number of aromatic nitrogens is 2. The second kappa shape index (κ2) is 32.3. The lowest BCUT2D eigenvalue weighted by Gasteiger charge is -2.34. The van der Waals surface area contributed by atoms with Crippen LogP contribution in [0.1, 0.15) is 105 Å². The van der Waals surface area contributed by atoms with Gasteiger partial charge >= 0.3 is 0 Å². The van der Waals surface area contributed by atoms with Gasteiger partial charge in [0.05, 0.1) is 31.6 Å². The van der Waals surface area contributed by atoms with E-state index in [-0.39, 0.29) is 0 Å². The third-order valence-corrected chi connectivity index (χ3v) is 26.4. The average molecular weight is 1630 g/mol. The van der Waals surface area contributed by atoms with E-state index < -0.39 is 10.8 Å². The summed E-state index contributed by atoms with van der Waals surface area (Å²) in [5, 5.41) is 4.27. The number of thiophene rings is 1. The predicted octanol–water partition coefficient (Wildman–Crippen LogP) is 32.2. The summed E-state index contributed by atoms with van der Waals surface area (Å²) in [6.07, 6.45) is 11.6. The maximum atomic E-state index is 6.65. The van der Waals surface area contributed by atoms with E-state index in [9.17, 15) is 0 Å². The Morgan fingerprint density at radius 2 is 0.536 bits per heavy atom. The minimum absolute atomic E-state index is 0.719. The summed E-state index contributed by atoms with van der Waals surface area (Å²) >= 11 is 1.78. The van der Waals surface area contributed by atoms with Crippen LogP contribution in [0.25, 0.3) is 133 Å². The highest BCUT2D eigenvalue weighted by Crippen LogP contribution is 2.63. The van der Waals surface area contributed by atoms with E-state index in [0.717, 1.165) is 247 Å². The molecule has 2 aromatic heterocycles. The molecule has 0 unspecified atom stereocenters. The lowest BCUT2D eigenvalue weighted by molar-refractivity contribution is 0.481. The van der Waals surface area contributed by atoms with Crippen molar-refractivity contribution in [2.75, 3.05) is 0 Å². The van der Waals surface area contributed by atoms with Gasteiger partial charge in [-0.25, -0.2) is 9.97 Å². The molecule has 0 aliphatic heterocycles. The molecule has 125 heavy (non-hydrogen) atoms. The number of rotatable bonds is 24. The molecule has 2 aliphatic rings. The first-order valence-electron chi connectivity index (χ1n) is 42.9. The molecule has 0 radical (unpaired) electrons. The lowest BCUT2D eigenvalue weighted by Crippen LogP contribution is -2.28. The third kappa shape index (κ3) is 13.5. The van der Waals surface area contributed by atoms with Crippen LogP contribution < -0.4 is 18.9 Å². The first kappa shape index (κ1) is 77.1. The maximum absolute atomic E-state index is 6.65. The van der Waals surface area contributed by atoms with Crippen molar-refractivity contribution in [2.45, 2.75) is 50.4 Å². The Morgan fingerprint density at radius 1 is 0.264 bits per heavy atom. The largest absolute Gasteiger partial charge is 0.457 e. The number of hydrogen-bond donors (Lipinski definition) is 0. The number of aryl methyl sites for hydroxylation is 2. The number of nitrogens with zero attached hydrogens (tertiary/aromatic N) is 2. The molecule has 0 N–H and O–H groups in total. The van der Waals surface area contributed by atoms with Crippen LogP contribution in [0.2, 0.25) is 0 Å². The van der Waals surface area contributed by atoms with Crippen molar-refractivity contribution in [1.82, 2.24) is 9.97 Å². The van der Waals surface area contributed by atoms with Gasteiger partial charge in [-0.05, 0) is 255 Å². The normalized spacial score (nSPS) is 12.6. The van der Waals surface area contributed by atoms with Crippen LogP contribution in [0.3, 0.4) is 0 Å². The monoisotopic (exact) mass is 1630 g/mol. The van der Waals surface area contributed by atoms with Gasteiger partial charge in [0.1, 0.15) is 57.0 Å². The summed E-state index contributed by atoms with van der Waals surface area (Å²) in [7, 11) is 0. The second-order valence-electron chi connectivity index (χ2n) is 32.4. The van der Waals surface area contributed by atoms with Crippen LogP contribution in [0.15, 0.2) is 390 Å². The molecule has 19 aromatic rings. The molecular formula is C118H86N2O4S. The van der Waals surface area contributed by atoms with Crippen molar-refractivity contribution in [3.8, 4) is 111 Å². The zero-order valence-electron chi connectivity index (χ0n) is 69.5. The smallest absolute Gasteiger partial charge is 0.127 e. The fourth-order valence-corrected chi connectivity index (χ4v) is 20.5. The first-order chi connectivity index (χ1) is 61.6. The molecule has 0 bridgehead atoms. The summed E-state index contributed by atoms with van der Waals surface area (Å²) in [5.41, 5.74) is 28.3. The van der Waals surface area contributed by atoms with Gasteiger partial charge in [-0.3, -0.25) is 0 Å². The van der Waals surface area contributed by atoms with Crippen LogP contribution in [0, 0.1) is 0 Å². The van der Waals surface area contributed by atoms with E-state index in [0.29, 0.717) is 0 Å². The number of fused-ring (bicyclic) bond motifs is 13. The van der Waals surface area contributed by atoms with Crippen molar-refractivity contribution in [3.63, 3.8) is 0 Å². The number of benzene rings is 17. The summed E-state index contributed by atoms with van der Waals surface area (Å²) in [4.78, 5) is 14.6. The minimum Gasteiger partial charge on any atom is -0.457 e. The van der Waals surface area contributed by atoms with E-state index in [2.05, 4.69) is 307 Å². The number of ether oxygens (including phenoxy) is 4. The molecule has 0 atom stereocenters. The molecule has 0 spiro atoms. The highest BCUT2D eigenvalue weighted by atomic mass is 32.1. The van der Waals surface area contributed by atoms with E-state index >= 15 is 0 Å². The molecule has 0 amide bonds. The average Bonchev–Trinajstić information content (AvgIpc) is 1.52. The predicted molar refractivity (Wildman–Crippen MR) is 521 cm³/mol. The van der Waals surface area contributed by atoms with Gasteiger partial charge in [-0.2, -0.15) is 0 Å². The van der Waals surface area contributed by atoms with Gasteiger partial charge in [0.2, 0.25) is 0 Å². The van der Waals surface area contributed by atoms with Crippen LogP contribution in [0.4, 0.5) is 0 Å². The highest BCUT2D eigenvalue weighted by Gasteiger charge is 2.50. The van der Waals surface area contributed by atoms with Crippen LogP contribution in [0.5, 0.6) is 46.0 Å². The highest BCUT2D eigenvalue weighted by molar-refractivity contribution is 7.21. The van der Waals surface area contributed by atoms with E-state index in [1.165, 1.54) is 11.1 Å². The Balaban J connectivity index is 0.818. The molecular weight excluding hydrogens is 1540 g/mol. The molecule has 7 heteroatoms. The zero-order valence-corrected chi connectivity index (χ0v) is 70.4. The summed E-state index contributed by atoms with van der Waals surface area (Å²) in [6, 6.07) is 131. The molecule has 0 fully saturated rings. The van der Waals surface area contributed by atoms with Crippen LogP contribution in [-0.2, 0) is 23.7 Å². The fraction of sp³-hybridized carbons (Fsp3) is 0.0678. The van der Waals surface area contributed by atoms with E-state index in [4.69, 9.17) is 28.9 Å². The summed E-state index contributed by atoms with van der Waals surface area (Å²) < 4.78 is 26.6. The van der Waals surface area contributed by atoms with Crippen molar-refractivity contribution >= 4 is 79.3 Å². The third-order valence-electron chi connectivity index (χ3n) is 25.2. The molecule has 2 aliphatic carbocycles. The Kier molecular flexibility index (Phi) is 19.9. The van der Waals surface area contributed by atoms with Gasteiger partial charge in [0.15, 0.2) is 0 Å². The minimum atomic E-state index is -0.875. The molecule has 6 nitrogen and oxygen atoms in total. The van der Waals surface area contributed by atoms with E-state index in [1.54, 1.807) is 11.3 Å². The Morgan fingerprint density at radius 3 is 0.832 bits per heavy atom.